The van der Waals surface area contributed by atoms with Gasteiger partial charge in [0.2, 0.25) is 27.7 Å². The predicted octanol–water partition coefficient (Wildman–Crippen LogP) is 6.60. The Morgan fingerprint density at radius 2 is 1.47 bits per heavy atom. The van der Waals surface area contributed by atoms with Crippen LogP contribution in [0.1, 0.15) is 154 Å². The second-order valence-corrected chi connectivity index (χ2v) is 24.9. The lowest BCUT2D eigenvalue weighted by Crippen LogP contribution is -2.58. The Hall–Kier alpha value is -2.60. The zero-order chi connectivity index (χ0) is 43.1. The van der Waals surface area contributed by atoms with Crippen molar-refractivity contribution in [3.8, 4) is 0 Å². The molecule has 12 heteroatoms. The molecule has 0 bridgehead atoms. The number of likely N-dealkylation sites (tertiary alicyclic amines) is 2. The molecule has 5 rings (SSSR count). The van der Waals surface area contributed by atoms with Gasteiger partial charge in [0, 0.05) is 36.8 Å². The minimum Gasteiger partial charge on any atom is -0.344 e. The number of amides is 3. The Bertz CT molecular complexity index is 1760. The van der Waals surface area contributed by atoms with E-state index in [4.69, 9.17) is 0 Å². The van der Waals surface area contributed by atoms with Gasteiger partial charge in [0.1, 0.15) is 0 Å². The maximum atomic E-state index is 15.2. The average molecular weight is 815 g/mol. The molecule has 0 aromatic rings. The van der Waals surface area contributed by atoms with E-state index in [0.717, 1.165) is 45.1 Å². The summed E-state index contributed by atoms with van der Waals surface area (Å²) in [6.07, 6.45) is 7.93. The highest BCUT2D eigenvalue weighted by Crippen LogP contribution is 2.88. The summed E-state index contributed by atoms with van der Waals surface area (Å²) in [7, 11) is -4.03. The molecular weight excluding hydrogens is 741 g/mol. The lowest BCUT2D eigenvalue weighted by molar-refractivity contribution is -0.147. The van der Waals surface area contributed by atoms with Gasteiger partial charge in [-0.25, -0.2) is 8.42 Å². The minimum atomic E-state index is -4.03. The van der Waals surface area contributed by atoms with Crippen molar-refractivity contribution in [2.75, 3.05) is 13.1 Å². The van der Waals surface area contributed by atoms with Gasteiger partial charge >= 0.3 is 0 Å². The molecule has 2 N–H and O–H groups in total. The third kappa shape index (κ3) is 7.70. The lowest BCUT2D eigenvalue weighted by Gasteiger charge is -2.40. The van der Waals surface area contributed by atoms with Crippen molar-refractivity contribution >= 4 is 39.3 Å². The molecule has 2 saturated heterocycles. The smallest absolute Gasteiger partial charge is 0.240 e. The van der Waals surface area contributed by atoms with E-state index in [1.165, 1.54) is 20.8 Å². The first kappa shape index (κ1) is 45.5. The number of piperidine rings is 1. The Morgan fingerprint density at radius 3 is 1.93 bits per heavy atom. The number of rotatable bonds is 13. The molecule has 57 heavy (non-hydrogen) atoms. The van der Waals surface area contributed by atoms with Crippen LogP contribution in [0.5, 0.6) is 0 Å². The Balaban J connectivity index is 1.44. The van der Waals surface area contributed by atoms with Crippen molar-refractivity contribution in [2.24, 2.45) is 44.3 Å². The molecule has 2 heterocycles. The third-order valence-corrected chi connectivity index (χ3v) is 17.7. The Kier molecular flexibility index (Phi) is 11.8. The number of ketones is 2. The highest BCUT2D eigenvalue weighted by molar-refractivity contribution is 7.91. The summed E-state index contributed by atoms with van der Waals surface area (Å²) in [5.74, 6) is -2.75. The Morgan fingerprint density at radius 1 is 0.860 bits per heavy atom. The van der Waals surface area contributed by atoms with E-state index >= 15 is 4.79 Å². The maximum Gasteiger partial charge on any atom is 0.240 e. The second kappa shape index (κ2) is 14.8. The van der Waals surface area contributed by atoms with Gasteiger partial charge in [-0.15, -0.1) is 6.58 Å². The largest absolute Gasteiger partial charge is 0.344 e. The number of allylic oxidation sites excluding steroid dienone is 1. The number of hydrogen-bond donors (Lipinski definition) is 2. The summed E-state index contributed by atoms with van der Waals surface area (Å²) in [6.45, 7) is 29.9. The van der Waals surface area contributed by atoms with Gasteiger partial charge in [-0.05, 0) is 107 Å². The molecule has 0 aromatic heterocycles. The zero-order valence-electron chi connectivity index (χ0n) is 37.4. The third-order valence-electron chi connectivity index (χ3n) is 15.6. The number of Topliss-reactive ketones (excluding diaryl/α,β-unsaturated/α-hetero) is 2. The van der Waals surface area contributed by atoms with E-state index in [1.807, 2.05) is 41.5 Å². The van der Waals surface area contributed by atoms with Crippen molar-refractivity contribution in [1.82, 2.24) is 19.8 Å². The van der Waals surface area contributed by atoms with Crippen LogP contribution in [-0.4, -0.2) is 89.5 Å². The van der Waals surface area contributed by atoms with Gasteiger partial charge in [0.15, 0.2) is 11.6 Å². The molecule has 3 amide bonds. The SMILES string of the molecule is C=C[C@@H]1C[C@]1(CC(=O)[C@@H]1C[C@@]2(CN1C(=O)[C@@H](CC(=O)[C@@H](NC(=O)C1CCCCN1C(C)C)C(C)(C)C)C(C)(C)C)C(C)(C)C21CCC1)C(=O)NS(=O)(=O)C(C)(C)C. The van der Waals surface area contributed by atoms with Crippen LogP contribution in [-0.2, 0) is 34.0 Å². The van der Waals surface area contributed by atoms with Gasteiger partial charge in [-0.3, -0.25) is 33.6 Å². The maximum absolute atomic E-state index is 15.2. The van der Waals surface area contributed by atoms with Crippen molar-refractivity contribution in [2.45, 2.75) is 183 Å². The molecule has 2 spiro atoms. The number of carbonyl (C=O) groups is 5. The fraction of sp³-hybridized carbons (Fsp3) is 0.844. The lowest BCUT2D eigenvalue weighted by atomic mass is 9.73. The van der Waals surface area contributed by atoms with Crippen LogP contribution in [0.3, 0.4) is 0 Å². The van der Waals surface area contributed by atoms with Crippen LogP contribution in [0.2, 0.25) is 0 Å². The molecule has 0 aromatic carbocycles. The van der Waals surface area contributed by atoms with E-state index in [0.29, 0.717) is 19.4 Å². The first-order chi connectivity index (χ1) is 25.9. The van der Waals surface area contributed by atoms with Crippen molar-refractivity contribution in [3.05, 3.63) is 12.7 Å². The van der Waals surface area contributed by atoms with Crippen LogP contribution >= 0.6 is 0 Å². The molecule has 3 saturated carbocycles. The summed E-state index contributed by atoms with van der Waals surface area (Å²) in [5.41, 5.74) is -2.93. The number of fused-ring (bicyclic) bond motifs is 1. The number of sulfonamides is 1. The molecular formula is C45H74N4O7S. The van der Waals surface area contributed by atoms with Crippen molar-refractivity contribution < 1.29 is 32.4 Å². The van der Waals surface area contributed by atoms with E-state index in [1.54, 1.807) is 11.0 Å². The monoisotopic (exact) mass is 815 g/mol. The summed E-state index contributed by atoms with van der Waals surface area (Å²) < 4.78 is 27.2. The van der Waals surface area contributed by atoms with Crippen molar-refractivity contribution in [1.29, 1.82) is 0 Å². The fourth-order valence-electron chi connectivity index (χ4n) is 11.3. The van der Waals surface area contributed by atoms with E-state index in [2.05, 4.69) is 49.2 Å². The molecule has 0 radical (unpaired) electrons. The fourth-order valence-corrected chi connectivity index (χ4v) is 12.0. The minimum absolute atomic E-state index is 0.0181. The number of carbonyl (C=O) groups excluding carboxylic acids is 5. The Labute approximate surface area is 343 Å². The van der Waals surface area contributed by atoms with Gasteiger partial charge in [-0.1, -0.05) is 74.3 Å². The molecule has 11 nitrogen and oxygen atoms in total. The number of nitrogens with zero attached hydrogens (tertiary/aromatic N) is 2. The highest BCUT2D eigenvalue weighted by Gasteiger charge is 2.85. The average Bonchev–Trinajstić information content (AvgIpc) is 3.78. The standard InChI is InChI=1S/C45H74N4O7S/c1-15-29-24-43(29,38(54)47-57(55,56)41(10,11)12)26-34(51)32-25-45(42(13,14)44(45)20-18-21-44)27-49(32)37(53)30(39(4,5)6)23-33(50)35(40(7,8)9)46-36(52)31-19-16-17-22-48(31)28(2)3/h15,28-32,35H,1,16-27H2,2-14H3,(H,46,52)(H,47,54)/t29-,30-,31?,32+,35-,43-,45-/m1/s1. The quantitative estimate of drug-likeness (QED) is 0.198. The zero-order valence-corrected chi connectivity index (χ0v) is 38.2. The molecule has 3 aliphatic carbocycles. The number of hydrogen-bond acceptors (Lipinski definition) is 8. The first-order valence-electron chi connectivity index (χ1n) is 21.6. The molecule has 5 aliphatic rings. The summed E-state index contributed by atoms with van der Waals surface area (Å²) in [5, 5.41) is 3.14. The normalized spacial score (nSPS) is 30.7. The predicted molar refractivity (Wildman–Crippen MR) is 223 cm³/mol. The van der Waals surface area contributed by atoms with Gasteiger partial charge in [-0.2, -0.15) is 0 Å². The van der Waals surface area contributed by atoms with E-state index in [-0.39, 0.29) is 70.5 Å². The van der Waals surface area contributed by atoms with Gasteiger partial charge in [0.05, 0.1) is 28.3 Å². The summed E-state index contributed by atoms with van der Waals surface area (Å²) in [4.78, 5) is 76.3. The van der Waals surface area contributed by atoms with Crippen LogP contribution in [0.15, 0.2) is 12.7 Å². The van der Waals surface area contributed by atoms with Crippen LogP contribution < -0.4 is 10.0 Å². The van der Waals surface area contributed by atoms with E-state index in [9.17, 15) is 27.6 Å². The van der Waals surface area contributed by atoms with Crippen molar-refractivity contribution in [3.63, 3.8) is 0 Å². The summed E-state index contributed by atoms with van der Waals surface area (Å²) in [6, 6.07) is -1.78. The molecule has 5 fully saturated rings. The van der Waals surface area contributed by atoms with Crippen LogP contribution in [0.25, 0.3) is 0 Å². The van der Waals surface area contributed by atoms with Gasteiger partial charge in [0.25, 0.3) is 0 Å². The number of nitrogens with one attached hydrogen (secondary N) is 2. The first-order valence-corrected chi connectivity index (χ1v) is 23.0. The van der Waals surface area contributed by atoms with E-state index < -0.39 is 54.9 Å². The topological polar surface area (TPSA) is 150 Å². The molecule has 7 atom stereocenters. The summed E-state index contributed by atoms with van der Waals surface area (Å²) >= 11 is 0. The van der Waals surface area contributed by atoms with Crippen LogP contribution in [0, 0.1) is 44.3 Å². The van der Waals surface area contributed by atoms with Crippen LogP contribution in [0.4, 0.5) is 0 Å². The molecule has 1 unspecified atom stereocenters. The molecule has 322 valence electrons. The van der Waals surface area contributed by atoms with Gasteiger partial charge < -0.3 is 10.2 Å². The molecule has 2 aliphatic heterocycles. The second-order valence-electron chi connectivity index (χ2n) is 22.5. The highest BCUT2D eigenvalue weighted by atomic mass is 32.2.